The minimum absolute atomic E-state index is 0.205. The highest BCUT2D eigenvalue weighted by Gasteiger charge is 2.14. The molecule has 0 bridgehead atoms. The van der Waals surface area contributed by atoms with Gasteiger partial charge >= 0.3 is 0 Å². The quantitative estimate of drug-likeness (QED) is 0.706. The Morgan fingerprint density at radius 2 is 2.00 bits per heavy atom. The van der Waals surface area contributed by atoms with Crippen LogP contribution in [0.1, 0.15) is 17.0 Å². The number of aromatic nitrogens is 1. The van der Waals surface area contributed by atoms with E-state index in [-0.39, 0.29) is 5.92 Å². The number of pyridine rings is 1. The van der Waals surface area contributed by atoms with Gasteiger partial charge in [-0.1, -0.05) is 29.8 Å². The normalized spacial score (nSPS) is 12.4. The van der Waals surface area contributed by atoms with Crippen LogP contribution in [-0.4, -0.2) is 10.9 Å². The Balaban J connectivity index is 2.23. The summed E-state index contributed by atoms with van der Waals surface area (Å²) in [6.07, 6.45) is 4.47. The first-order valence-corrected chi connectivity index (χ1v) is 7.31. The number of hydrogen-bond acceptors (Lipinski definition) is 1. The van der Waals surface area contributed by atoms with E-state index < -0.39 is 0 Å². The summed E-state index contributed by atoms with van der Waals surface area (Å²) in [6.45, 7) is 0. The lowest BCUT2D eigenvalue weighted by atomic mass is 9.94. The van der Waals surface area contributed by atoms with Crippen molar-refractivity contribution in [2.45, 2.75) is 12.3 Å². The molecule has 0 saturated carbocycles. The maximum atomic E-state index is 6.21. The van der Waals surface area contributed by atoms with Gasteiger partial charge in [-0.2, -0.15) is 0 Å². The third-order valence-corrected chi connectivity index (χ3v) is 3.93. The summed E-state index contributed by atoms with van der Waals surface area (Å²) in [5, 5.41) is 0.770. The Bertz CT molecular complexity index is 531. The molecule has 0 spiro atoms. The van der Waals surface area contributed by atoms with Crippen LogP contribution in [0.2, 0.25) is 5.02 Å². The first-order chi connectivity index (χ1) is 8.70. The van der Waals surface area contributed by atoms with E-state index in [1.165, 1.54) is 0 Å². The van der Waals surface area contributed by atoms with E-state index in [1.807, 2.05) is 30.5 Å². The van der Waals surface area contributed by atoms with Crippen molar-refractivity contribution in [1.29, 1.82) is 0 Å². The minimum atomic E-state index is 0.205. The molecular weight excluding hydrogens is 333 g/mol. The van der Waals surface area contributed by atoms with E-state index in [1.54, 1.807) is 6.20 Å². The third-order valence-electron chi connectivity index (χ3n) is 2.77. The predicted octanol–water partition coefficient (Wildman–Crippen LogP) is 5.06. The SMILES string of the molecule is ClCC(Cc1cncc(Br)c1)c1ccccc1Cl. The third kappa shape index (κ3) is 3.47. The predicted molar refractivity (Wildman–Crippen MR) is 80.6 cm³/mol. The first-order valence-electron chi connectivity index (χ1n) is 5.60. The van der Waals surface area contributed by atoms with Gasteiger partial charge in [-0.15, -0.1) is 11.6 Å². The van der Waals surface area contributed by atoms with Crippen LogP contribution < -0.4 is 0 Å². The van der Waals surface area contributed by atoms with Crippen LogP contribution in [0.5, 0.6) is 0 Å². The monoisotopic (exact) mass is 343 g/mol. The van der Waals surface area contributed by atoms with Gasteiger partial charge in [0, 0.05) is 33.7 Å². The molecule has 0 N–H and O–H groups in total. The smallest absolute Gasteiger partial charge is 0.0441 e. The topological polar surface area (TPSA) is 12.9 Å². The standard InChI is InChI=1S/C14H12BrCl2N/c15-12-6-10(8-18-9-12)5-11(7-16)13-3-1-2-4-14(13)17/h1-4,6,8-9,11H,5,7H2. The van der Waals surface area contributed by atoms with Gasteiger partial charge in [0.2, 0.25) is 0 Å². The van der Waals surface area contributed by atoms with Crippen molar-refractivity contribution < 1.29 is 0 Å². The van der Waals surface area contributed by atoms with Crippen molar-refractivity contribution in [3.8, 4) is 0 Å². The van der Waals surface area contributed by atoms with Crippen molar-refractivity contribution >= 4 is 39.1 Å². The maximum absolute atomic E-state index is 6.21. The van der Waals surface area contributed by atoms with Gasteiger partial charge in [0.05, 0.1) is 0 Å². The number of rotatable bonds is 4. The second-order valence-electron chi connectivity index (χ2n) is 4.09. The number of hydrogen-bond donors (Lipinski definition) is 0. The molecule has 2 aromatic rings. The second-order valence-corrected chi connectivity index (χ2v) is 5.72. The zero-order valence-corrected chi connectivity index (χ0v) is 12.7. The van der Waals surface area contributed by atoms with E-state index in [2.05, 4.69) is 27.0 Å². The lowest BCUT2D eigenvalue weighted by molar-refractivity contribution is 0.763. The summed E-state index contributed by atoms with van der Waals surface area (Å²) in [5.74, 6) is 0.743. The lowest BCUT2D eigenvalue weighted by Crippen LogP contribution is -2.05. The summed E-state index contributed by atoms with van der Waals surface area (Å²) in [5.41, 5.74) is 2.24. The van der Waals surface area contributed by atoms with Gasteiger partial charge in [-0.3, -0.25) is 4.98 Å². The summed E-state index contributed by atoms with van der Waals surface area (Å²) in [7, 11) is 0. The fourth-order valence-corrected chi connectivity index (χ4v) is 2.88. The average molecular weight is 345 g/mol. The lowest BCUT2D eigenvalue weighted by Gasteiger charge is -2.15. The number of benzene rings is 1. The molecule has 1 aromatic heterocycles. The Hall–Kier alpha value is -0.570. The van der Waals surface area contributed by atoms with E-state index in [4.69, 9.17) is 23.2 Å². The molecule has 2 rings (SSSR count). The molecule has 18 heavy (non-hydrogen) atoms. The maximum Gasteiger partial charge on any atom is 0.0441 e. The fourth-order valence-electron chi connectivity index (χ4n) is 1.91. The van der Waals surface area contributed by atoms with Gasteiger partial charge in [0.25, 0.3) is 0 Å². The molecule has 1 unspecified atom stereocenters. The molecule has 4 heteroatoms. The zero-order chi connectivity index (χ0) is 13.0. The summed E-state index contributed by atoms with van der Waals surface area (Å²) in [6, 6.07) is 9.90. The number of alkyl halides is 1. The van der Waals surface area contributed by atoms with E-state index in [9.17, 15) is 0 Å². The van der Waals surface area contributed by atoms with Crippen LogP contribution in [0.15, 0.2) is 47.2 Å². The molecule has 1 atom stereocenters. The van der Waals surface area contributed by atoms with Crippen molar-refractivity contribution in [3.63, 3.8) is 0 Å². The summed E-state index contributed by atoms with van der Waals surface area (Å²) < 4.78 is 0.979. The van der Waals surface area contributed by atoms with Crippen LogP contribution in [-0.2, 0) is 6.42 Å². The van der Waals surface area contributed by atoms with Gasteiger partial charge in [0.15, 0.2) is 0 Å². The molecular formula is C14H12BrCl2N. The van der Waals surface area contributed by atoms with Crippen LogP contribution in [0, 0.1) is 0 Å². The highest BCUT2D eigenvalue weighted by Crippen LogP contribution is 2.28. The molecule has 0 amide bonds. The van der Waals surface area contributed by atoms with Crippen LogP contribution in [0.25, 0.3) is 0 Å². The van der Waals surface area contributed by atoms with Crippen molar-refractivity contribution in [2.75, 3.05) is 5.88 Å². The molecule has 0 aliphatic carbocycles. The van der Waals surface area contributed by atoms with Gasteiger partial charge in [0.1, 0.15) is 0 Å². The molecule has 0 radical (unpaired) electrons. The second kappa shape index (κ2) is 6.55. The average Bonchev–Trinajstić information content (AvgIpc) is 2.37. The van der Waals surface area contributed by atoms with Gasteiger partial charge < -0.3 is 0 Å². The highest BCUT2D eigenvalue weighted by molar-refractivity contribution is 9.10. The Morgan fingerprint density at radius 1 is 1.22 bits per heavy atom. The Kier molecular flexibility index (Phi) is 5.04. The van der Waals surface area contributed by atoms with E-state index in [0.717, 1.165) is 27.0 Å². The van der Waals surface area contributed by atoms with Crippen molar-refractivity contribution in [2.24, 2.45) is 0 Å². The molecule has 1 nitrogen and oxygen atoms in total. The zero-order valence-electron chi connectivity index (χ0n) is 9.61. The number of nitrogens with zero attached hydrogens (tertiary/aromatic N) is 1. The molecule has 1 aromatic carbocycles. The fraction of sp³-hybridized carbons (Fsp3) is 0.214. The van der Waals surface area contributed by atoms with Crippen LogP contribution >= 0.6 is 39.1 Å². The largest absolute Gasteiger partial charge is 0.263 e. The molecule has 0 aliphatic heterocycles. The van der Waals surface area contributed by atoms with Crippen molar-refractivity contribution in [3.05, 3.63) is 63.3 Å². The van der Waals surface area contributed by atoms with Gasteiger partial charge in [-0.25, -0.2) is 0 Å². The summed E-state index contributed by atoms with van der Waals surface area (Å²) in [4.78, 5) is 4.16. The highest BCUT2D eigenvalue weighted by atomic mass is 79.9. The molecule has 0 aliphatic rings. The van der Waals surface area contributed by atoms with E-state index in [0.29, 0.717) is 5.88 Å². The van der Waals surface area contributed by atoms with Crippen LogP contribution in [0.3, 0.4) is 0 Å². The van der Waals surface area contributed by atoms with E-state index >= 15 is 0 Å². The molecule has 0 fully saturated rings. The molecule has 94 valence electrons. The first kappa shape index (κ1) is 13.9. The Labute approximate surface area is 125 Å². The molecule has 0 saturated heterocycles. The van der Waals surface area contributed by atoms with Gasteiger partial charge in [-0.05, 0) is 45.6 Å². The van der Waals surface area contributed by atoms with Crippen molar-refractivity contribution in [1.82, 2.24) is 4.98 Å². The van der Waals surface area contributed by atoms with Crippen LogP contribution in [0.4, 0.5) is 0 Å². The summed E-state index contributed by atoms with van der Waals surface area (Å²) >= 11 is 15.7. The molecule has 1 heterocycles. The number of halogens is 3. The Morgan fingerprint density at radius 3 is 2.67 bits per heavy atom. The minimum Gasteiger partial charge on any atom is -0.263 e.